The maximum atomic E-state index is 12.2. The average Bonchev–Trinajstić information content (AvgIpc) is 2.52. The van der Waals surface area contributed by atoms with E-state index in [0.717, 1.165) is 23.2 Å². The van der Waals surface area contributed by atoms with E-state index in [2.05, 4.69) is 24.1 Å². The first-order valence-corrected chi connectivity index (χ1v) is 6.77. The fourth-order valence-corrected chi connectivity index (χ4v) is 2.79. The molecule has 0 radical (unpaired) electrons. The lowest BCUT2D eigenvalue weighted by Gasteiger charge is -2.28. The first kappa shape index (κ1) is 13.8. The normalized spacial score (nSPS) is 17.5. The van der Waals surface area contributed by atoms with E-state index in [1.807, 2.05) is 20.8 Å². The van der Waals surface area contributed by atoms with Crippen molar-refractivity contribution < 1.29 is 9.59 Å². The summed E-state index contributed by atoms with van der Waals surface area (Å²) in [7, 11) is 0. The zero-order valence-corrected chi connectivity index (χ0v) is 12.3. The van der Waals surface area contributed by atoms with Crippen LogP contribution in [0.4, 0.5) is 0 Å². The van der Waals surface area contributed by atoms with Gasteiger partial charge in [0.15, 0.2) is 5.78 Å². The van der Waals surface area contributed by atoms with Crippen molar-refractivity contribution in [3.05, 3.63) is 22.5 Å². The number of hydrogen-bond donors (Lipinski definition) is 2. The van der Waals surface area contributed by atoms with Gasteiger partial charge in [0.05, 0.1) is 0 Å². The first-order chi connectivity index (χ1) is 8.71. The fourth-order valence-electron chi connectivity index (χ4n) is 2.79. The molecule has 4 heteroatoms. The number of ketones is 1. The van der Waals surface area contributed by atoms with E-state index in [1.54, 1.807) is 0 Å². The van der Waals surface area contributed by atoms with Crippen molar-refractivity contribution in [1.82, 2.24) is 10.3 Å². The Labute approximate surface area is 114 Å². The van der Waals surface area contributed by atoms with E-state index >= 15 is 0 Å². The topological polar surface area (TPSA) is 62.0 Å². The molecule has 2 N–H and O–H groups in total. The molecule has 0 saturated carbocycles. The van der Waals surface area contributed by atoms with E-state index in [4.69, 9.17) is 0 Å². The Morgan fingerprint density at radius 2 is 1.95 bits per heavy atom. The Bertz CT molecular complexity index is 539. The summed E-state index contributed by atoms with van der Waals surface area (Å²) >= 11 is 0. The second-order valence-electron chi connectivity index (χ2n) is 6.55. The number of Topliss-reactive ketones (excluding diaryl/α,β-unsaturated/α-hetero) is 1. The number of carbonyl (C=O) groups excluding carboxylic acids is 2. The third kappa shape index (κ3) is 2.57. The molecule has 1 amide bonds. The second-order valence-corrected chi connectivity index (χ2v) is 6.55. The number of carbonyl (C=O) groups is 2. The lowest BCUT2D eigenvalue weighted by atomic mass is 9.75. The minimum atomic E-state index is -0.132. The van der Waals surface area contributed by atoms with Crippen molar-refractivity contribution in [3.63, 3.8) is 0 Å². The van der Waals surface area contributed by atoms with Crippen LogP contribution in [0.25, 0.3) is 0 Å². The molecule has 1 heterocycles. The number of amides is 1. The van der Waals surface area contributed by atoms with Crippen LogP contribution in [0.2, 0.25) is 0 Å². The van der Waals surface area contributed by atoms with Crippen LogP contribution in [0, 0.1) is 12.3 Å². The van der Waals surface area contributed by atoms with Gasteiger partial charge in [-0.05, 0) is 38.2 Å². The molecular weight excluding hydrogens is 240 g/mol. The quantitative estimate of drug-likeness (QED) is 0.860. The molecule has 1 aliphatic rings. The molecule has 0 fully saturated rings. The highest BCUT2D eigenvalue weighted by Crippen LogP contribution is 2.36. The molecule has 1 aromatic rings. The van der Waals surface area contributed by atoms with Crippen LogP contribution in [0.1, 0.15) is 66.2 Å². The molecule has 2 rings (SSSR count). The van der Waals surface area contributed by atoms with Gasteiger partial charge < -0.3 is 10.3 Å². The Kier molecular flexibility index (Phi) is 3.29. The minimum absolute atomic E-state index is 0.0346. The van der Waals surface area contributed by atoms with E-state index in [-0.39, 0.29) is 23.1 Å². The molecule has 104 valence electrons. The largest absolute Gasteiger partial charge is 0.354 e. The summed E-state index contributed by atoms with van der Waals surface area (Å²) in [6.45, 7) is 9.85. The number of aromatic amines is 1. The van der Waals surface area contributed by atoms with Crippen molar-refractivity contribution in [2.75, 3.05) is 0 Å². The number of nitrogens with one attached hydrogen (secondary N) is 2. The highest BCUT2D eigenvalue weighted by molar-refractivity contribution is 6.04. The minimum Gasteiger partial charge on any atom is -0.354 e. The molecule has 0 atom stereocenters. The molecule has 19 heavy (non-hydrogen) atoms. The summed E-state index contributed by atoms with van der Waals surface area (Å²) in [4.78, 5) is 27.5. The summed E-state index contributed by atoms with van der Waals surface area (Å²) in [5, 5.41) is 2.86. The number of H-pyrrole nitrogens is 1. The maximum Gasteiger partial charge on any atom is 0.268 e. The van der Waals surface area contributed by atoms with Gasteiger partial charge in [-0.15, -0.1) is 0 Å². The summed E-state index contributed by atoms with van der Waals surface area (Å²) < 4.78 is 0. The summed E-state index contributed by atoms with van der Waals surface area (Å²) in [5.74, 6) is 0.0103. The Morgan fingerprint density at radius 3 is 2.53 bits per heavy atom. The van der Waals surface area contributed by atoms with E-state index in [0.29, 0.717) is 12.1 Å². The zero-order chi connectivity index (χ0) is 14.4. The van der Waals surface area contributed by atoms with Crippen molar-refractivity contribution in [2.24, 2.45) is 5.41 Å². The van der Waals surface area contributed by atoms with Gasteiger partial charge in [0.1, 0.15) is 5.69 Å². The monoisotopic (exact) mass is 262 g/mol. The Morgan fingerprint density at radius 1 is 1.32 bits per heavy atom. The average molecular weight is 262 g/mol. The van der Waals surface area contributed by atoms with Crippen LogP contribution >= 0.6 is 0 Å². The van der Waals surface area contributed by atoms with Gasteiger partial charge >= 0.3 is 0 Å². The number of aromatic nitrogens is 1. The fraction of sp³-hybridized carbons (Fsp3) is 0.600. The second kappa shape index (κ2) is 4.51. The van der Waals surface area contributed by atoms with Gasteiger partial charge in [0.2, 0.25) is 0 Å². The summed E-state index contributed by atoms with van der Waals surface area (Å²) in [6, 6.07) is 0.0828. The number of fused-ring (bicyclic) bond motifs is 1. The lowest BCUT2D eigenvalue weighted by Crippen LogP contribution is -2.30. The molecular formula is C15H22N2O2. The Balaban J connectivity index is 2.41. The van der Waals surface area contributed by atoms with E-state index in [1.165, 1.54) is 0 Å². The van der Waals surface area contributed by atoms with Crippen molar-refractivity contribution >= 4 is 11.7 Å². The van der Waals surface area contributed by atoms with E-state index in [9.17, 15) is 9.59 Å². The molecule has 0 saturated heterocycles. The van der Waals surface area contributed by atoms with Crippen LogP contribution in [-0.4, -0.2) is 22.7 Å². The third-order valence-electron chi connectivity index (χ3n) is 3.55. The molecule has 1 aliphatic carbocycles. The van der Waals surface area contributed by atoms with Crippen LogP contribution in [-0.2, 0) is 6.42 Å². The van der Waals surface area contributed by atoms with Crippen LogP contribution < -0.4 is 5.32 Å². The van der Waals surface area contributed by atoms with Gasteiger partial charge in [0.25, 0.3) is 5.91 Å². The smallest absolute Gasteiger partial charge is 0.268 e. The number of hydrogen-bond acceptors (Lipinski definition) is 2. The maximum absolute atomic E-state index is 12.2. The highest BCUT2D eigenvalue weighted by Gasteiger charge is 2.35. The molecule has 0 aromatic carbocycles. The predicted molar refractivity (Wildman–Crippen MR) is 74.6 cm³/mol. The van der Waals surface area contributed by atoms with Crippen LogP contribution in [0.15, 0.2) is 0 Å². The molecule has 0 aliphatic heterocycles. The standard InChI is InChI=1S/C15H22N2O2/c1-8(2)16-14(19)13-9(3)12-10(17-13)6-15(4,5)7-11(12)18/h8,17H,6-7H2,1-5H3,(H,16,19). The van der Waals surface area contributed by atoms with Crippen LogP contribution in [0.3, 0.4) is 0 Å². The van der Waals surface area contributed by atoms with Crippen LogP contribution in [0.5, 0.6) is 0 Å². The van der Waals surface area contributed by atoms with Gasteiger partial charge in [-0.2, -0.15) is 0 Å². The Hall–Kier alpha value is -1.58. The zero-order valence-electron chi connectivity index (χ0n) is 12.3. The molecule has 0 bridgehead atoms. The van der Waals surface area contributed by atoms with Gasteiger partial charge in [-0.3, -0.25) is 9.59 Å². The number of rotatable bonds is 2. The summed E-state index contributed by atoms with van der Waals surface area (Å²) in [6.07, 6.45) is 1.35. The first-order valence-electron chi connectivity index (χ1n) is 6.77. The summed E-state index contributed by atoms with van der Waals surface area (Å²) in [5.41, 5.74) is 2.92. The molecule has 0 spiro atoms. The van der Waals surface area contributed by atoms with Gasteiger partial charge in [-0.25, -0.2) is 0 Å². The van der Waals surface area contributed by atoms with Crippen molar-refractivity contribution in [1.29, 1.82) is 0 Å². The SMILES string of the molecule is Cc1c(C(=O)NC(C)C)[nH]c2c1C(=O)CC(C)(C)C2. The predicted octanol–water partition coefficient (Wildman–Crippen LogP) is 2.62. The molecule has 4 nitrogen and oxygen atoms in total. The van der Waals surface area contributed by atoms with Gasteiger partial charge in [-0.1, -0.05) is 13.8 Å². The highest BCUT2D eigenvalue weighted by atomic mass is 16.2. The van der Waals surface area contributed by atoms with Gasteiger partial charge in [0, 0.05) is 23.7 Å². The molecule has 1 aromatic heterocycles. The molecule has 0 unspecified atom stereocenters. The third-order valence-corrected chi connectivity index (χ3v) is 3.55. The lowest BCUT2D eigenvalue weighted by molar-refractivity contribution is 0.0909. The van der Waals surface area contributed by atoms with E-state index < -0.39 is 0 Å². The van der Waals surface area contributed by atoms with Crippen molar-refractivity contribution in [2.45, 2.75) is 53.5 Å². The van der Waals surface area contributed by atoms with Crippen molar-refractivity contribution in [3.8, 4) is 0 Å².